The number of hydrogen-bond donors (Lipinski definition) is 2. The van der Waals surface area contributed by atoms with Crippen molar-refractivity contribution in [2.75, 3.05) is 11.9 Å². The zero-order chi connectivity index (χ0) is 19.2. The minimum atomic E-state index is 0.272. The number of aromatic nitrogens is 4. The molecule has 0 aliphatic carbocycles. The SMILES string of the molecule is Oc1ccc(CCNc2cc(-c3cccnc3)nc(-c3ccccn3)n2)cc1. The number of nitrogens with one attached hydrogen (secondary N) is 1. The molecule has 0 fully saturated rings. The van der Waals surface area contributed by atoms with E-state index in [1.54, 1.807) is 30.7 Å². The van der Waals surface area contributed by atoms with Crippen LogP contribution in [0, 0.1) is 0 Å². The molecular formula is C22H19N5O. The lowest BCUT2D eigenvalue weighted by atomic mass is 10.1. The molecular weight excluding hydrogens is 350 g/mol. The first-order valence-corrected chi connectivity index (χ1v) is 9.00. The molecule has 4 aromatic rings. The molecule has 0 amide bonds. The van der Waals surface area contributed by atoms with Crippen LogP contribution in [0.2, 0.25) is 0 Å². The number of phenols is 1. The van der Waals surface area contributed by atoms with Crippen LogP contribution in [0.4, 0.5) is 5.82 Å². The van der Waals surface area contributed by atoms with E-state index in [0.29, 0.717) is 12.4 Å². The minimum Gasteiger partial charge on any atom is -0.508 e. The van der Waals surface area contributed by atoms with Gasteiger partial charge >= 0.3 is 0 Å². The van der Waals surface area contributed by atoms with Crippen molar-refractivity contribution in [1.82, 2.24) is 19.9 Å². The standard InChI is InChI=1S/C22H19N5O/c28-18-8-6-16(7-9-18)10-13-25-21-14-20(17-4-3-11-23-15-17)26-22(27-21)19-5-1-2-12-24-19/h1-9,11-12,14-15,28H,10,13H2,(H,25,26,27). The lowest BCUT2D eigenvalue weighted by molar-refractivity contribution is 0.475. The molecule has 6 heteroatoms. The van der Waals surface area contributed by atoms with Gasteiger partial charge in [-0.1, -0.05) is 18.2 Å². The topological polar surface area (TPSA) is 83.8 Å². The molecule has 0 saturated carbocycles. The molecule has 0 bridgehead atoms. The summed E-state index contributed by atoms with van der Waals surface area (Å²) in [6.45, 7) is 0.704. The quantitative estimate of drug-likeness (QED) is 0.535. The van der Waals surface area contributed by atoms with Crippen molar-refractivity contribution >= 4 is 5.82 Å². The van der Waals surface area contributed by atoms with Gasteiger partial charge in [-0.15, -0.1) is 0 Å². The number of phenolic OH excluding ortho intramolecular Hbond substituents is 1. The van der Waals surface area contributed by atoms with Gasteiger partial charge in [0.1, 0.15) is 17.3 Å². The molecule has 0 atom stereocenters. The third-order valence-corrected chi connectivity index (χ3v) is 4.23. The molecule has 28 heavy (non-hydrogen) atoms. The molecule has 3 aromatic heterocycles. The van der Waals surface area contributed by atoms with E-state index >= 15 is 0 Å². The van der Waals surface area contributed by atoms with Crippen LogP contribution < -0.4 is 5.32 Å². The Kier molecular flexibility index (Phi) is 5.20. The maximum atomic E-state index is 9.39. The van der Waals surface area contributed by atoms with Crippen LogP contribution in [0.3, 0.4) is 0 Å². The molecule has 138 valence electrons. The van der Waals surface area contributed by atoms with E-state index in [2.05, 4.69) is 25.3 Å². The third kappa shape index (κ3) is 4.29. The van der Waals surface area contributed by atoms with Crippen molar-refractivity contribution in [3.63, 3.8) is 0 Å². The highest BCUT2D eigenvalue weighted by Crippen LogP contribution is 2.23. The van der Waals surface area contributed by atoms with Gasteiger partial charge in [-0.3, -0.25) is 9.97 Å². The summed E-state index contributed by atoms with van der Waals surface area (Å²) in [5.41, 5.74) is 3.56. The average Bonchev–Trinajstić information content (AvgIpc) is 2.76. The Bertz CT molecular complexity index is 980. The first-order valence-electron chi connectivity index (χ1n) is 9.00. The molecule has 0 aliphatic heterocycles. The Morgan fingerprint density at radius 1 is 0.857 bits per heavy atom. The van der Waals surface area contributed by atoms with E-state index in [4.69, 9.17) is 0 Å². The van der Waals surface area contributed by atoms with Gasteiger partial charge < -0.3 is 10.4 Å². The second-order valence-corrected chi connectivity index (χ2v) is 6.26. The van der Waals surface area contributed by atoms with Gasteiger partial charge in [0.15, 0.2) is 5.82 Å². The number of aromatic hydroxyl groups is 1. The molecule has 0 spiro atoms. The largest absolute Gasteiger partial charge is 0.508 e. The Balaban J connectivity index is 1.59. The molecule has 1 aromatic carbocycles. The fraction of sp³-hybridized carbons (Fsp3) is 0.0909. The van der Waals surface area contributed by atoms with Gasteiger partial charge in [-0.2, -0.15) is 0 Å². The van der Waals surface area contributed by atoms with Crippen molar-refractivity contribution in [2.24, 2.45) is 0 Å². The first-order chi connectivity index (χ1) is 13.8. The highest BCUT2D eigenvalue weighted by molar-refractivity contribution is 5.65. The second kappa shape index (κ2) is 8.26. The summed E-state index contributed by atoms with van der Waals surface area (Å²) in [6.07, 6.45) is 6.06. The van der Waals surface area contributed by atoms with Crippen LogP contribution in [0.15, 0.2) is 79.3 Å². The summed E-state index contributed by atoms with van der Waals surface area (Å²) in [5.74, 6) is 1.57. The number of nitrogens with zero attached hydrogens (tertiary/aromatic N) is 4. The van der Waals surface area contributed by atoms with Crippen LogP contribution in [0.1, 0.15) is 5.56 Å². The summed E-state index contributed by atoms with van der Waals surface area (Å²) < 4.78 is 0. The Morgan fingerprint density at radius 2 is 1.75 bits per heavy atom. The molecule has 0 aliphatic rings. The number of pyridine rings is 2. The number of benzene rings is 1. The van der Waals surface area contributed by atoms with Crippen molar-refractivity contribution in [1.29, 1.82) is 0 Å². The smallest absolute Gasteiger partial charge is 0.180 e. The summed E-state index contributed by atoms with van der Waals surface area (Å²) in [7, 11) is 0. The minimum absolute atomic E-state index is 0.272. The second-order valence-electron chi connectivity index (χ2n) is 6.26. The Hall–Kier alpha value is -3.80. The van der Waals surface area contributed by atoms with E-state index in [1.807, 2.05) is 48.5 Å². The highest BCUT2D eigenvalue weighted by atomic mass is 16.3. The van der Waals surface area contributed by atoms with E-state index in [-0.39, 0.29) is 5.75 Å². The van der Waals surface area contributed by atoms with Crippen LogP contribution in [0.25, 0.3) is 22.8 Å². The van der Waals surface area contributed by atoms with Gasteiger partial charge in [0, 0.05) is 36.8 Å². The van der Waals surface area contributed by atoms with Crippen molar-refractivity contribution in [3.8, 4) is 28.5 Å². The highest BCUT2D eigenvalue weighted by Gasteiger charge is 2.09. The first kappa shape index (κ1) is 17.6. The van der Waals surface area contributed by atoms with Gasteiger partial charge in [0.2, 0.25) is 0 Å². The van der Waals surface area contributed by atoms with E-state index in [1.165, 1.54) is 0 Å². The molecule has 0 unspecified atom stereocenters. The lowest BCUT2D eigenvalue weighted by Crippen LogP contribution is -2.08. The van der Waals surface area contributed by atoms with Gasteiger partial charge in [-0.05, 0) is 48.4 Å². The normalized spacial score (nSPS) is 10.6. The average molecular weight is 369 g/mol. The van der Waals surface area contributed by atoms with Crippen molar-refractivity contribution in [3.05, 3.63) is 84.8 Å². The van der Waals surface area contributed by atoms with E-state index in [0.717, 1.165) is 34.8 Å². The zero-order valence-corrected chi connectivity index (χ0v) is 15.2. The molecule has 4 rings (SSSR count). The molecule has 2 N–H and O–H groups in total. The fourth-order valence-electron chi connectivity index (χ4n) is 2.81. The van der Waals surface area contributed by atoms with Crippen LogP contribution >= 0.6 is 0 Å². The van der Waals surface area contributed by atoms with Gasteiger partial charge in [-0.25, -0.2) is 9.97 Å². The summed E-state index contributed by atoms with van der Waals surface area (Å²) >= 11 is 0. The molecule has 3 heterocycles. The maximum Gasteiger partial charge on any atom is 0.180 e. The van der Waals surface area contributed by atoms with Crippen LogP contribution in [0.5, 0.6) is 5.75 Å². The van der Waals surface area contributed by atoms with E-state index in [9.17, 15) is 5.11 Å². The number of anilines is 1. The molecule has 0 saturated heterocycles. The summed E-state index contributed by atoms with van der Waals surface area (Å²) in [5, 5.41) is 12.8. The fourth-order valence-corrected chi connectivity index (χ4v) is 2.81. The molecule has 0 radical (unpaired) electrons. The Morgan fingerprint density at radius 3 is 2.50 bits per heavy atom. The van der Waals surface area contributed by atoms with Crippen LogP contribution in [-0.2, 0) is 6.42 Å². The maximum absolute atomic E-state index is 9.39. The third-order valence-electron chi connectivity index (χ3n) is 4.23. The predicted octanol–water partition coefficient (Wildman–Crippen LogP) is 3.96. The number of hydrogen-bond acceptors (Lipinski definition) is 6. The van der Waals surface area contributed by atoms with Crippen molar-refractivity contribution in [2.45, 2.75) is 6.42 Å². The monoisotopic (exact) mass is 369 g/mol. The summed E-state index contributed by atoms with van der Waals surface area (Å²) in [6, 6.07) is 18.7. The lowest BCUT2D eigenvalue weighted by Gasteiger charge is -2.10. The number of rotatable bonds is 6. The van der Waals surface area contributed by atoms with Gasteiger partial charge in [0.05, 0.1) is 5.69 Å². The van der Waals surface area contributed by atoms with E-state index < -0.39 is 0 Å². The Labute approximate surface area is 163 Å². The summed E-state index contributed by atoms with van der Waals surface area (Å²) in [4.78, 5) is 17.9. The predicted molar refractivity (Wildman–Crippen MR) is 109 cm³/mol. The molecule has 6 nitrogen and oxygen atoms in total. The van der Waals surface area contributed by atoms with Gasteiger partial charge in [0.25, 0.3) is 0 Å². The van der Waals surface area contributed by atoms with Crippen LogP contribution in [-0.4, -0.2) is 31.6 Å². The zero-order valence-electron chi connectivity index (χ0n) is 15.2. The van der Waals surface area contributed by atoms with Crippen molar-refractivity contribution < 1.29 is 5.11 Å².